The Labute approximate surface area is 128 Å². The van der Waals surface area contributed by atoms with E-state index in [1.807, 2.05) is 0 Å². The maximum absolute atomic E-state index is 13.6. The lowest BCUT2D eigenvalue weighted by Crippen LogP contribution is -2.27. The average Bonchev–Trinajstić information content (AvgIpc) is 2.50. The third-order valence-electron chi connectivity index (χ3n) is 3.04. The van der Waals surface area contributed by atoms with E-state index in [1.54, 1.807) is 17.7 Å². The predicted molar refractivity (Wildman–Crippen MR) is 69.2 cm³/mol. The van der Waals surface area contributed by atoms with Crippen LogP contribution < -0.4 is 4.72 Å². The number of hydrogen-bond donors (Lipinski definition) is 1. The topological polar surface area (TPSA) is 59.1 Å². The zero-order valence-corrected chi connectivity index (χ0v) is 12.3. The average molecular weight is 352 g/mol. The van der Waals surface area contributed by atoms with Crippen LogP contribution in [0.5, 0.6) is 0 Å². The van der Waals surface area contributed by atoms with Crippen LogP contribution in [0.4, 0.5) is 22.0 Å². The quantitative estimate of drug-likeness (QED) is 0.523. The Morgan fingerprint density at radius 3 is 2.04 bits per heavy atom. The van der Waals surface area contributed by atoms with Crippen molar-refractivity contribution < 1.29 is 30.4 Å². The molecule has 2 rings (SSSR count). The molecule has 1 heterocycles. The number of benzene rings is 1. The molecule has 4 nitrogen and oxygen atoms in total. The van der Waals surface area contributed by atoms with Crippen molar-refractivity contribution in [3.63, 3.8) is 0 Å². The van der Waals surface area contributed by atoms with Crippen LogP contribution in [0.1, 0.15) is 11.1 Å². The molecule has 0 unspecified atom stereocenters. The molecule has 0 bridgehead atoms. The molecule has 1 aromatic heterocycles. The van der Waals surface area contributed by atoms with Gasteiger partial charge in [-0.2, -0.15) is 0 Å². The molecule has 0 atom stereocenters. The summed E-state index contributed by atoms with van der Waals surface area (Å²) in [5, 5.41) is 0. The highest BCUT2D eigenvalue weighted by Crippen LogP contribution is 2.26. The Hall–Kier alpha value is -2.07. The van der Waals surface area contributed by atoms with Crippen molar-refractivity contribution in [3.8, 4) is 0 Å². The van der Waals surface area contributed by atoms with Gasteiger partial charge in [0.1, 0.15) is 0 Å². The van der Waals surface area contributed by atoms with Gasteiger partial charge in [0.15, 0.2) is 28.2 Å². The molecule has 1 aromatic carbocycles. The van der Waals surface area contributed by atoms with Crippen LogP contribution in [0.15, 0.2) is 23.4 Å². The molecule has 2 aromatic rings. The molecule has 10 heteroatoms. The molecule has 0 radical (unpaired) electrons. The number of nitrogens with zero attached hydrogens (tertiary/aromatic N) is 1. The van der Waals surface area contributed by atoms with Crippen LogP contribution in [-0.4, -0.2) is 13.4 Å². The molecular formula is C13H9F5N2O2S. The van der Waals surface area contributed by atoms with E-state index in [2.05, 4.69) is 4.98 Å². The second-order valence-corrected chi connectivity index (χ2v) is 6.23. The van der Waals surface area contributed by atoms with Crippen molar-refractivity contribution in [1.82, 2.24) is 9.71 Å². The molecule has 0 aliphatic heterocycles. The molecule has 0 amide bonds. The largest absolute Gasteiger partial charge is 0.264 e. The lowest BCUT2D eigenvalue weighted by Gasteiger charge is -2.11. The van der Waals surface area contributed by atoms with Gasteiger partial charge in [0.2, 0.25) is 15.8 Å². The second-order valence-electron chi connectivity index (χ2n) is 4.53. The van der Waals surface area contributed by atoms with E-state index in [0.29, 0.717) is 11.1 Å². The minimum absolute atomic E-state index is 0.375. The van der Waals surface area contributed by atoms with E-state index >= 15 is 0 Å². The second kappa shape index (κ2) is 6.20. The van der Waals surface area contributed by atoms with Crippen LogP contribution in [0.3, 0.4) is 0 Å². The number of rotatable bonds is 4. The van der Waals surface area contributed by atoms with E-state index in [0.717, 1.165) is 0 Å². The smallest absolute Gasteiger partial charge is 0.246 e. The van der Waals surface area contributed by atoms with Crippen molar-refractivity contribution in [1.29, 1.82) is 0 Å². The first-order chi connectivity index (χ1) is 10.7. The van der Waals surface area contributed by atoms with E-state index in [9.17, 15) is 30.4 Å². The molecule has 23 heavy (non-hydrogen) atoms. The summed E-state index contributed by atoms with van der Waals surface area (Å²) in [6.45, 7) is 1.20. The standard InChI is InChI=1S/C13H9F5N2O2S/c1-6-2-3-19-4-7(6)5-20-23(21,22)13-11(17)9(15)8(14)10(16)12(13)18/h2-4,20H,5H2,1H3. The Morgan fingerprint density at radius 1 is 1.00 bits per heavy atom. The molecule has 0 aliphatic carbocycles. The molecular weight excluding hydrogens is 343 g/mol. The van der Waals surface area contributed by atoms with Crippen LogP contribution in [0, 0.1) is 36.0 Å². The lowest BCUT2D eigenvalue weighted by molar-refractivity contribution is 0.357. The van der Waals surface area contributed by atoms with E-state index in [1.165, 1.54) is 12.4 Å². The number of aromatic nitrogens is 1. The van der Waals surface area contributed by atoms with E-state index in [-0.39, 0.29) is 0 Å². The number of nitrogens with one attached hydrogen (secondary N) is 1. The van der Waals surface area contributed by atoms with Gasteiger partial charge in [0, 0.05) is 18.9 Å². The number of sulfonamides is 1. The Kier molecular flexibility index (Phi) is 4.66. The molecule has 0 saturated heterocycles. The fourth-order valence-corrected chi connectivity index (χ4v) is 2.89. The van der Waals surface area contributed by atoms with Crippen LogP contribution in [-0.2, 0) is 16.6 Å². The molecule has 0 saturated carbocycles. The van der Waals surface area contributed by atoms with Crippen LogP contribution in [0.2, 0.25) is 0 Å². The number of hydrogen-bond acceptors (Lipinski definition) is 3. The van der Waals surface area contributed by atoms with Gasteiger partial charge in [0.05, 0.1) is 0 Å². The van der Waals surface area contributed by atoms with Crippen LogP contribution in [0.25, 0.3) is 0 Å². The first kappa shape index (κ1) is 17.3. The summed E-state index contributed by atoms with van der Waals surface area (Å²) in [5.74, 6) is -11.9. The normalized spacial score (nSPS) is 11.7. The van der Waals surface area contributed by atoms with Gasteiger partial charge in [0.25, 0.3) is 0 Å². The van der Waals surface area contributed by atoms with Gasteiger partial charge in [-0.05, 0) is 24.1 Å². The summed E-state index contributed by atoms with van der Waals surface area (Å²) in [6.07, 6.45) is 2.74. The highest BCUT2D eigenvalue weighted by atomic mass is 32.2. The fourth-order valence-electron chi connectivity index (χ4n) is 1.75. The van der Waals surface area contributed by atoms with Gasteiger partial charge in [-0.15, -0.1) is 0 Å². The fraction of sp³-hybridized carbons (Fsp3) is 0.154. The van der Waals surface area contributed by atoms with E-state index in [4.69, 9.17) is 0 Å². The van der Waals surface area contributed by atoms with Crippen LogP contribution >= 0.6 is 0 Å². The van der Waals surface area contributed by atoms with Crippen molar-refractivity contribution in [2.24, 2.45) is 0 Å². The van der Waals surface area contributed by atoms with Crippen molar-refractivity contribution in [2.45, 2.75) is 18.4 Å². The molecule has 0 fully saturated rings. The van der Waals surface area contributed by atoms with E-state index < -0.39 is 50.5 Å². The Bertz CT molecular complexity index is 842. The molecule has 124 valence electrons. The summed E-state index contributed by atoms with van der Waals surface area (Å²) in [5.41, 5.74) is 1.00. The van der Waals surface area contributed by atoms with Gasteiger partial charge < -0.3 is 0 Å². The summed E-state index contributed by atoms with van der Waals surface area (Å²) in [7, 11) is -4.97. The van der Waals surface area contributed by atoms with Gasteiger partial charge >= 0.3 is 0 Å². The summed E-state index contributed by atoms with van der Waals surface area (Å²) >= 11 is 0. The molecule has 0 spiro atoms. The summed E-state index contributed by atoms with van der Waals surface area (Å²) in [6, 6.07) is 1.56. The van der Waals surface area contributed by atoms with Gasteiger partial charge in [-0.25, -0.2) is 35.1 Å². The van der Waals surface area contributed by atoms with Gasteiger partial charge in [-0.1, -0.05) is 0 Å². The minimum Gasteiger partial charge on any atom is -0.264 e. The predicted octanol–water partition coefficient (Wildman–Crippen LogP) is 2.56. The third-order valence-corrected chi connectivity index (χ3v) is 4.46. The number of halogens is 5. The van der Waals surface area contributed by atoms with Crippen molar-refractivity contribution >= 4 is 10.0 Å². The summed E-state index contributed by atoms with van der Waals surface area (Å²) in [4.78, 5) is 1.82. The first-order valence-corrected chi connectivity index (χ1v) is 7.55. The number of pyridine rings is 1. The molecule has 1 N–H and O–H groups in total. The maximum atomic E-state index is 13.6. The van der Waals surface area contributed by atoms with Crippen molar-refractivity contribution in [2.75, 3.05) is 0 Å². The number of aryl methyl sites for hydroxylation is 1. The maximum Gasteiger partial charge on any atom is 0.246 e. The Balaban J connectivity index is 2.43. The zero-order valence-electron chi connectivity index (χ0n) is 11.5. The highest BCUT2D eigenvalue weighted by Gasteiger charge is 2.33. The summed E-state index contributed by atoms with van der Waals surface area (Å²) < 4.78 is 91.8. The Morgan fingerprint density at radius 2 is 1.52 bits per heavy atom. The minimum atomic E-state index is -4.97. The zero-order chi connectivity index (χ0) is 17.4. The lowest BCUT2D eigenvalue weighted by atomic mass is 10.2. The first-order valence-electron chi connectivity index (χ1n) is 6.07. The monoisotopic (exact) mass is 352 g/mol. The third kappa shape index (κ3) is 3.17. The van der Waals surface area contributed by atoms with Gasteiger partial charge in [-0.3, -0.25) is 4.98 Å². The SMILES string of the molecule is Cc1ccncc1CNS(=O)(=O)c1c(F)c(F)c(F)c(F)c1F. The highest BCUT2D eigenvalue weighted by molar-refractivity contribution is 7.89. The molecule has 0 aliphatic rings. The van der Waals surface area contributed by atoms with Crippen molar-refractivity contribution in [3.05, 3.63) is 58.7 Å².